The number of nitrogens with two attached hydrogens (primary N) is 1. The average molecular weight is 224 g/mol. The van der Waals surface area contributed by atoms with Crippen molar-refractivity contribution in [2.24, 2.45) is 11.7 Å². The van der Waals surface area contributed by atoms with E-state index in [4.69, 9.17) is 5.73 Å². The Labute approximate surface area is 101 Å². The molecule has 94 valence electrons. The summed E-state index contributed by atoms with van der Waals surface area (Å²) in [5, 5.41) is 0. The highest BCUT2D eigenvalue weighted by molar-refractivity contribution is 4.95. The van der Waals surface area contributed by atoms with Crippen molar-refractivity contribution in [2.75, 3.05) is 6.54 Å². The van der Waals surface area contributed by atoms with Crippen molar-refractivity contribution in [2.45, 2.75) is 76.9 Å². The minimum Gasteiger partial charge on any atom is -0.326 e. The summed E-state index contributed by atoms with van der Waals surface area (Å²) in [6, 6.07) is 2.01. The summed E-state index contributed by atoms with van der Waals surface area (Å²) in [6.45, 7) is 5.89. The quantitative estimate of drug-likeness (QED) is 0.778. The monoisotopic (exact) mass is 224 g/mol. The van der Waals surface area contributed by atoms with Crippen LogP contribution in [0.3, 0.4) is 0 Å². The van der Waals surface area contributed by atoms with E-state index in [-0.39, 0.29) is 0 Å². The highest BCUT2D eigenvalue weighted by Gasteiger charge is 2.38. The summed E-state index contributed by atoms with van der Waals surface area (Å²) in [7, 11) is 0. The predicted molar refractivity (Wildman–Crippen MR) is 69.4 cm³/mol. The molecule has 0 heterocycles. The van der Waals surface area contributed by atoms with Gasteiger partial charge in [-0.25, -0.2) is 0 Å². The molecule has 0 radical (unpaired) electrons. The Bertz CT molecular complexity index is 213. The molecule has 2 heteroatoms. The Kier molecular flexibility index (Phi) is 4.26. The molecule has 0 aromatic heterocycles. The van der Waals surface area contributed by atoms with E-state index in [0.717, 1.165) is 12.0 Å². The van der Waals surface area contributed by atoms with Crippen molar-refractivity contribution >= 4 is 0 Å². The van der Waals surface area contributed by atoms with Crippen LogP contribution in [-0.4, -0.2) is 29.6 Å². The minimum absolute atomic E-state index is 0.440. The predicted octanol–water partition coefficient (Wildman–Crippen LogP) is 2.77. The molecule has 0 aromatic rings. The van der Waals surface area contributed by atoms with E-state index >= 15 is 0 Å². The summed E-state index contributed by atoms with van der Waals surface area (Å²) < 4.78 is 0. The first kappa shape index (κ1) is 12.4. The fourth-order valence-corrected chi connectivity index (χ4v) is 3.29. The molecule has 0 aromatic carbocycles. The van der Waals surface area contributed by atoms with Crippen LogP contribution in [0.15, 0.2) is 0 Å². The fraction of sp³-hybridized carbons (Fsp3) is 1.00. The summed E-state index contributed by atoms with van der Waals surface area (Å²) in [5.74, 6) is 0.933. The summed E-state index contributed by atoms with van der Waals surface area (Å²) >= 11 is 0. The van der Waals surface area contributed by atoms with Crippen LogP contribution in [0.1, 0.15) is 58.8 Å². The number of hydrogen-bond acceptors (Lipinski definition) is 2. The van der Waals surface area contributed by atoms with Gasteiger partial charge in [0.05, 0.1) is 0 Å². The van der Waals surface area contributed by atoms with Crippen LogP contribution in [0.5, 0.6) is 0 Å². The van der Waals surface area contributed by atoms with E-state index in [0.29, 0.717) is 12.1 Å². The van der Waals surface area contributed by atoms with E-state index in [1.165, 1.54) is 51.5 Å². The maximum Gasteiger partial charge on any atom is 0.0252 e. The van der Waals surface area contributed by atoms with Gasteiger partial charge in [-0.3, -0.25) is 4.90 Å². The van der Waals surface area contributed by atoms with Crippen molar-refractivity contribution in [1.29, 1.82) is 0 Å². The normalized spacial score (nSPS) is 35.6. The Morgan fingerprint density at radius 1 is 1.12 bits per heavy atom. The lowest BCUT2D eigenvalue weighted by Gasteiger charge is -2.41. The molecule has 2 aliphatic rings. The summed E-state index contributed by atoms with van der Waals surface area (Å²) in [5.41, 5.74) is 6.35. The summed E-state index contributed by atoms with van der Waals surface area (Å²) in [4.78, 5) is 2.74. The molecular formula is C14H28N2. The second kappa shape index (κ2) is 5.50. The van der Waals surface area contributed by atoms with Crippen LogP contribution in [-0.2, 0) is 0 Å². The van der Waals surface area contributed by atoms with Gasteiger partial charge >= 0.3 is 0 Å². The van der Waals surface area contributed by atoms with Gasteiger partial charge in [-0.15, -0.1) is 0 Å². The standard InChI is InChI=1S/C14H28N2/c1-3-9-16(12-6-7-12)14-10-11(4-2)5-8-13(14)15/h11-14H,3-10,15H2,1-2H3. The Hall–Kier alpha value is -0.0800. The van der Waals surface area contributed by atoms with Crippen molar-refractivity contribution in [3.63, 3.8) is 0 Å². The Balaban J connectivity index is 1.97. The highest BCUT2D eigenvalue weighted by Crippen LogP contribution is 2.35. The zero-order chi connectivity index (χ0) is 11.5. The third kappa shape index (κ3) is 2.78. The first-order valence-electron chi connectivity index (χ1n) is 7.27. The molecule has 16 heavy (non-hydrogen) atoms. The van der Waals surface area contributed by atoms with Crippen LogP contribution < -0.4 is 5.73 Å². The molecule has 2 rings (SSSR count). The molecule has 0 amide bonds. The lowest BCUT2D eigenvalue weighted by atomic mass is 9.80. The number of nitrogens with zero attached hydrogens (tertiary/aromatic N) is 1. The van der Waals surface area contributed by atoms with Gasteiger partial charge < -0.3 is 5.73 Å². The lowest BCUT2D eigenvalue weighted by molar-refractivity contribution is 0.103. The van der Waals surface area contributed by atoms with Crippen molar-refractivity contribution in [1.82, 2.24) is 4.90 Å². The van der Waals surface area contributed by atoms with Gasteiger partial charge in [0.15, 0.2) is 0 Å². The molecule has 2 fully saturated rings. The molecule has 3 atom stereocenters. The molecule has 0 saturated heterocycles. The topological polar surface area (TPSA) is 29.3 Å². The second-order valence-corrected chi connectivity index (χ2v) is 5.79. The van der Waals surface area contributed by atoms with Gasteiger partial charge in [0.1, 0.15) is 0 Å². The lowest BCUT2D eigenvalue weighted by Crippen LogP contribution is -2.52. The Morgan fingerprint density at radius 2 is 1.88 bits per heavy atom. The smallest absolute Gasteiger partial charge is 0.0252 e. The minimum atomic E-state index is 0.440. The molecule has 0 spiro atoms. The first-order valence-corrected chi connectivity index (χ1v) is 7.27. The van der Waals surface area contributed by atoms with E-state index < -0.39 is 0 Å². The largest absolute Gasteiger partial charge is 0.326 e. The van der Waals surface area contributed by atoms with Gasteiger partial charge in [0.2, 0.25) is 0 Å². The van der Waals surface area contributed by atoms with Crippen molar-refractivity contribution < 1.29 is 0 Å². The molecule has 3 unspecified atom stereocenters. The SMILES string of the molecule is CCCN(C1CC1)C1CC(CC)CCC1N. The van der Waals surface area contributed by atoms with Crippen LogP contribution in [0.2, 0.25) is 0 Å². The van der Waals surface area contributed by atoms with Crippen LogP contribution in [0.25, 0.3) is 0 Å². The van der Waals surface area contributed by atoms with Crippen molar-refractivity contribution in [3.05, 3.63) is 0 Å². The van der Waals surface area contributed by atoms with Crippen LogP contribution in [0.4, 0.5) is 0 Å². The van der Waals surface area contributed by atoms with E-state index in [1.54, 1.807) is 0 Å². The highest BCUT2D eigenvalue weighted by atomic mass is 15.2. The molecule has 2 aliphatic carbocycles. The van der Waals surface area contributed by atoms with Gasteiger partial charge in [-0.2, -0.15) is 0 Å². The van der Waals surface area contributed by atoms with E-state index in [1.807, 2.05) is 0 Å². The molecule has 0 aliphatic heterocycles. The van der Waals surface area contributed by atoms with E-state index in [9.17, 15) is 0 Å². The maximum atomic E-state index is 6.35. The zero-order valence-corrected chi connectivity index (χ0v) is 11.0. The molecule has 2 nitrogen and oxygen atoms in total. The first-order chi connectivity index (χ1) is 7.76. The van der Waals surface area contributed by atoms with Gasteiger partial charge in [-0.05, 0) is 51.0 Å². The maximum absolute atomic E-state index is 6.35. The molecule has 2 saturated carbocycles. The number of rotatable bonds is 5. The van der Waals surface area contributed by atoms with Crippen LogP contribution >= 0.6 is 0 Å². The summed E-state index contributed by atoms with van der Waals surface area (Å²) in [6.07, 6.45) is 9.41. The van der Waals surface area contributed by atoms with E-state index in [2.05, 4.69) is 18.7 Å². The molecule has 0 bridgehead atoms. The van der Waals surface area contributed by atoms with Crippen molar-refractivity contribution in [3.8, 4) is 0 Å². The van der Waals surface area contributed by atoms with Gasteiger partial charge in [0.25, 0.3) is 0 Å². The number of hydrogen-bond donors (Lipinski definition) is 1. The second-order valence-electron chi connectivity index (χ2n) is 5.79. The van der Waals surface area contributed by atoms with Crippen LogP contribution in [0, 0.1) is 5.92 Å². The molecule has 2 N–H and O–H groups in total. The third-order valence-corrected chi connectivity index (χ3v) is 4.48. The zero-order valence-electron chi connectivity index (χ0n) is 11.0. The average Bonchev–Trinajstić information content (AvgIpc) is 3.11. The van der Waals surface area contributed by atoms with Gasteiger partial charge in [-0.1, -0.05) is 20.3 Å². The Morgan fingerprint density at radius 3 is 2.44 bits per heavy atom. The third-order valence-electron chi connectivity index (χ3n) is 4.48. The fourth-order valence-electron chi connectivity index (χ4n) is 3.29. The van der Waals surface area contributed by atoms with Gasteiger partial charge in [0, 0.05) is 18.1 Å². The molecular weight excluding hydrogens is 196 g/mol.